The van der Waals surface area contributed by atoms with Crippen LogP contribution in [0.2, 0.25) is 0 Å². The van der Waals surface area contributed by atoms with Gasteiger partial charge in [0.15, 0.2) is 5.43 Å². The van der Waals surface area contributed by atoms with Crippen LogP contribution in [0, 0.1) is 0 Å². The van der Waals surface area contributed by atoms with E-state index in [0.29, 0.717) is 0 Å². The standard InChI is InChI=1S/C15H14N2O2/c18-14-7-8-16-9-12(14)15(19)17-13-6-5-10-3-1-2-4-11(10)13/h1-4,7-9,13H,5-6H2,(H,16,18)(H,17,19). The van der Waals surface area contributed by atoms with Crippen LogP contribution in [0.5, 0.6) is 0 Å². The number of carbonyl (C=O) groups is 1. The maximum Gasteiger partial charge on any atom is 0.257 e. The fourth-order valence-electron chi connectivity index (χ4n) is 2.54. The number of fused-ring (bicyclic) bond motifs is 1. The number of amides is 1. The number of aromatic nitrogens is 1. The molecular weight excluding hydrogens is 240 g/mol. The predicted molar refractivity (Wildman–Crippen MR) is 72.0 cm³/mol. The van der Waals surface area contributed by atoms with Gasteiger partial charge in [0.2, 0.25) is 0 Å². The molecule has 2 aromatic rings. The lowest BCUT2D eigenvalue weighted by atomic mass is 10.1. The summed E-state index contributed by atoms with van der Waals surface area (Å²) < 4.78 is 0. The zero-order valence-corrected chi connectivity index (χ0v) is 10.3. The molecule has 1 aromatic heterocycles. The van der Waals surface area contributed by atoms with Gasteiger partial charge in [0.1, 0.15) is 5.56 Å². The van der Waals surface area contributed by atoms with Crippen molar-refractivity contribution in [3.63, 3.8) is 0 Å². The summed E-state index contributed by atoms with van der Waals surface area (Å²) in [5.74, 6) is -0.316. The number of pyridine rings is 1. The third-order valence-corrected chi connectivity index (χ3v) is 3.51. The third-order valence-electron chi connectivity index (χ3n) is 3.51. The van der Waals surface area contributed by atoms with Crippen LogP contribution in [0.15, 0.2) is 47.5 Å². The van der Waals surface area contributed by atoms with Gasteiger partial charge in [-0.15, -0.1) is 0 Å². The minimum atomic E-state index is -0.316. The van der Waals surface area contributed by atoms with E-state index in [-0.39, 0.29) is 22.9 Å². The quantitative estimate of drug-likeness (QED) is 0.858. The maximum atomic E-state index is 12.1. The smallest absolute Gasteiger partial charge is 0.257 e. The molecule has 0 saturated heterocycles. The molecule has 19 heavy (non-hydrogen) atoms. The highest BCUT2D eigenvalue weighted by molar-refractivity contribution is 5.94. The lowest BCUT2D eigenvalue weighted by Gasteiger charge is -2.13. The van der Waals surface area contributed by atoms with Gasteiger partial charge in [-0.05, 0) is 24.0 Å². The number of benzene rings is 1. The Hall–Kier alpha value is -2.36. The second-order valence-corrected chi connectivity index (χ2v) is 4.69. The summed E-state index contributed by atoms with van der Waals surface area (Å²) in [6, 6.07) is 9.45. The number of H-pyrrole nitrogens is 1. The first-order valence-corrected chi connectivity index (χ1v) is 6.31. The summed E-state index contributed by atoms with van der Waals surface area (Å²) in [7, 11) is 0. The predicted octanol–water partition coefficient (Wildman–Crippen LogP) is 1.79. The van der Waals surface area contributed by atoms with E-state index in [4.69, 9.17) is 0 Å². The van der Waals surface area contributed by atoms with Crippen molar-refractivity contribution in [2.75, 3.05) is 0 Å². The number of carbonyl (C=O) groups excluding carboxylic acids is 1. The molecule has 2 N–H and O–H groups in total. The Kier molecular flexibility index (Phi) is 2.91. The average Bonchev–Trinajstić information content (AvgIpc) is 2.83. The zero-order valence-electron chi connectivity index (χ0n) is 10.3. The van der Waals surface area contributed by atoms with Crippen LogP contribution in [0.1, 0.15) is 33.9 Å². The number of hydrogen-bond donors (Lipinski definition) is 2. The molecule has 3 rings (SSSR count). The lowest BCUT2D eigenvalue weighted by molar-refractivity contribution is 0.0935. The van der Waals surface area contributed by atoms with Gasteiger partial charge in [-0.2, -0.15) is 0 Å². The molecule has 1 unspecified atom stereocenters. The minimum Gasteiger partial charge on any atom is -0.367 e. The highest BCUT2D eigenvalue weighted by Gasteiger charge is 2.24. The zero-order chi connectivity index (χ0) is 13.2. The molecule has 1 heterocycles. The van der Waals surface area contributed by atoms with E-state index in [0.717, 1.165) is 18.4 Å². The molecule has 1 atom stereocenters. The van der Waals surface area contributed by atoms with Crippen LogP contribution in [0.3, 0.4) is 0 Å². The van der Waals surface area contributed by atoms with Crippen molar-refractivity contribution in [3.8, 4) is 0 Å². The molecule has 0 saturated carbocycles. The molecule has 1 amide bonds. The van der Waals surface area contributed by atoms with Crippen molar-refractivity contribution in [1.29, 1.82) is 0 Å². The Balaban J connectivity index is 1.82. The van der Waals surface area contributed by atoms with E-state index in [9.17, 15) is 9.59 Å². The Morgan fingerprint density at radius 2 is 2.11 bits per heavy atom. The molecule has 96 valence electrons. The van der Waals surface area contributed by atoms with Gasteiger partial charge in [0.05, 0.1) is 6.04 Å². The van der Waals surface area contributed by atoms with Crippen molar-refractivity contribution in [3.05, 3.63) is 69.6 Å². The summed E-state index contributed by atoms with van der Waals surface area (Å²) in [5.41, 5.74) is 2.33. The van der Waals surface area contributed by atoms with Gasteiger partial charge in [-0.25, -0.2) is 0 Å². The van der Waals surface area contributed by atoms with Crippen molar-refractivity contribution in [2.45, 2.75) is 18.9 Å². The van der Waals surface area contributed by atoms with Crippen LogP contribution in [0.25, 0.3) is 0 Å². The summed E-state index contributed by atoms with van der Waals surface area (Å²) in [6.07, 6.45) is 4.81. The van der Waals surface area contributed by atoms with Crippen molar-refractivity contribution < 1.29 is 4.79 Å². The molecule has 0 radical (unpaired) electrons. The highest BCUT2D eigenvalue weighted by Crippen LogP contribution is 2.30. The molecule has 1 aliphatic carbocycles. The van der Waals surface area contributed by atoms with Gasteiger partial charge in [0.25, 0.3) is 5.91 Å². The summed E-state index contributed by atoms with van der Waals surface area (Å²) in [6.45, 7) is 0. The van der Waals surface area contributed by atoms with Crippen LogP contribution >= 0.6 is 0 Å². The molecule has 4 heteroatoms. The fourth-order valence-corrected chi connectivity index (χ4v) is 2.54. The topological polar surface area (TPSA) is 62.0 Å². The van der Waals surface area contributed by atoms with Crippen LogP contribution < -0.4 is 10.7 Å². The SMILES string of the molecule is O=C(NC1CCc2ccccc21)c1c[nH]ccc1=O. The number of aromatic amines is 1. The minimum absolute atomic E-state index is 0.00306. The molecule has 0 spiro atoms. The molecule has 0 bridgehead atoms. The normalized spacial score (nSPS) is 16.9. The fraction of sp³-hybridized carbons (Fsp3) is 0.200. The van der Waals surface area contributed by atoms with E-state index in [1.807, 2.05) is 18.2 Å². The van der Waals surface area contributed by atoms with E-state index < -0.39 is 0 Å². The Morgan fingerprint density at radius 1 is 1.26 bits per heavy atom. The molecule has 0 aliphatic heterocycles. The summed E-state index contributed by atoms with van der Waals surface area (Å²) >= 11 is 0. The third kappa shape index (κ3) is 2.17. The van der Waals surface area contributed by atoms with Crippen molar-refractivity contribution in [2.24, 2.45) is 0 Å². The maximum absolute atomic E-state index is 12.1. The van der Waals surface area contributed by atoms with Gasteiger partial charge < -0.3 is 10.3 Å². The van der Waals surface area contributed by atoms with Gasteiger partial charge in [-0.3, -0.25) is 9.59 Å². The first-order valence-electron chi connectivity index (χ1n) is 6.31. The van der Waals surface area contributed by atoms with Gasteiger partial charge in [-0.1, -0.05) is 24.3 Å². The largest absolute Gasteiger partial charge is 0.367 e. The van der Waals surface area contributed by atoms with Crippen molar-refractivity contribution >= 4 is 5.91 Å². The monoisotopic (exact) mass is 254 g/mol. The number of aryl methyl sites for hydroxylation is 1. The highest BCUT2D eigenvalue weighted by atomic mass is 16.2. The Labute approximate surface area is 110 Å². The second kappa shape index (κ2) is 4.72. The summed E-state index contributed by atoms with van der Waals surface area (Å²) in [4.78, 5) is 26.5. The Morgan fingerprint density at radius 3 is 2.95 bits per heavy atom. The lowest BCUT2D eigenvalue weighted by Crippen LogP contribution is -2.31. The van der Waals surface area contributed by atoms with Crippen LogP contribution in [-0.4, -0.2) is 10.9 Å². The Bertz CT molecular complexity index is 676. The molecule has 1 aromatic carbocycles. The van der Waals surface area contributed by atoms with E-state index in [1.54, 1.807) is 0 Å². The van der Waals surface area contributed by atoms with Crippen LogP contribution in [0.4, 0.5) is 0 Å². The van der Waals surface area contributed by atoms with Gasteiger partial charge in [0, 0.05) is 18.5 Å². The van der Waals surface area contributed by atoms with Crippen molar-refractivity contribution in [1.82, 2.24) is 10.3 Å². The first-order chi connectivity index (χ1) is 9.25. The number of nitrogens with one attached hydrogen (secondary N) is 2. The molecule has 4 nitrogen and oxygen atoms in total. The average molecular weight is 254 g/mol. The molecular formula is C15H14N2O2. The molecule has 1 aliphatic rings. The summed E-state index contributed by atoms with van der Waals surface area (Å²) in [5, 5.41) is 2.93. The van der Waals surface area contributed by atoms with Crippen LogP contribution in [-0.2, 0) is 6.42 Å². The second-order valence-electron chi connectivity index (χ2n) is 4.69. The van der Waals surface area contributed by atoms with Gasteiger partial charge >= 0.3 is 0 Å². The van der Waals surface area contributed by atoms with E-state index in [1.165, 1.54) is 24.0 Å². The van der Waals surface area contributed by atoms with E-state index >= 15 is 0 Å². The first kappa shape index (κ1) is 11.7. The van der Waals surface area contributed by atoms with E-state index in [2.05, 4.69) is 16.4 Å². The number of hydrogen-bond acceptors (Lipinski definition) is 2. The number of rotatable bonds is 2. The molecule has 0 fully saturated rings.